The fourth-order valence-corrected chi connectivity index (χ4v) is 2.19. The molecule has 0 heterocycles. The highest BCUT2D eigenvalue weighted by molar-refractivity contribution is 6.30. The van der Waals surface area contributed by atoms with Crippen LogP contribution in [0.15, 0.2) is 18.2 Å². The van der Waals surface area contributed by atoms with Crippen LogP contribution in [0.25, 0.3) is 0 Å². The molecule has 96 valence electrons. The van der Waals surface area contributed by atoms with Crippen LogP contribution in [0.2, 0.25) is 5.02 Å². The minimum atomic E-state index is 0.494. The molecule has 0 radical (unpaired) electrons. The predicted octanol–water partition coefficient (Wildman–Crippen LogP) is 3.47. The zero-order valence-corrected chi connectivity index (χ0v) is 12.2. The molecule has 17 heavy (non-hydrogen) atoms. The van der Waals surface area contributed by atoms with Crippen LogP contribution < -0.4 is 4.90 Å². The van der Waals surface area contributed by atoms with Crippen molar-refractivity contribution in [1.82, 2.24) is 4.90 Å². The number of alkyl halides is 1. The second-order valence-electron chi connectivity index (χ2n) is 4.49. The van der Waals surface area contributed by atoms with Crippen LogP contribution in [0.3, 0.4) is 0 Å². The maximum absolute atomic E-state index is 5.96. The molecule has 4 heteroatoms. The molecule has 0 N–H and O–H groups in total. The van der Waals surface area contributed by atoms with Gasteiger partial charge in [-0.15, -0.1) is 11.6 Å². The van der Waals surface area contributed by atoms with E-state index in [-0.39, 0.29) is 0 Å². The lowest BCUT2D eigenvalue weighted by atomic mass is 10.2. The molecule has 0 aromatic heterocycles. The maximum Gasteiger partial charge on any atom is 0.0495 e. The van der Waals surface area contributed by atoms with Crippen LogP contribution in [0.5, 0.6) is 0 Å². The molecular weight excluding hydrogens is 255 g/mol. The highest BCUT2D eigenvalue weighted by Gasteiger charge is 2.07. The molecule has 0 saturated carbocycles. The summed E-state index contributed by atoms with van der Waals surface area (Å²) in [4.78, 5) is 4.43. The Hall–Kier alpha value is -0.440. The Balaban J connectivity index is 2.64. The van der Waals surface area contributed by atoms with Crippen molar-refractivity contribution in [3.8, 4) is 0 Å². The summed E-state index contributed by atoms with van der Waals surface area (Å²) in [5.41, 5.74) is 2.26. The van der Waals surface area contributed by atoms with Crippen LogP contribution in [-0.4, -0.2) is 39.1 Å². The summed E-state index contributed by atoms with van der Waals surface area (Å²) < 4.78 is 0. The van der Waals surface area contributed by atoms with Crippen molar-refractivity contribution < 1.29 is 0 Å². The summed E-state index contributed by atoms with van der Waals surface area (Å²) in [5.74, 6) is 0.494. The molecule has 0 aliphatic carbocycles. The smallest absolute Gasteiger partial charge is 0.0495 e. The molecule has 2 nitrogen and oxygen atoms in total. The summed E-state index contributed by atoms with van der Waals surface area (Å²) in [6, 6.07) is 5.89. The van der Waals surface area contributed by atoms with Crippen molar-refractivity contribution in [3.05, 3.63) is 28.8 Å². The van der Waals surface area contributed by atoms with E-state index in [0.717, 1.165) is 30.1 Å². The van der Waals surface area contributed by atoms with Crippen molar-refractivity contribution in [3.63, 3.8) is 0 Å². The van der Waals surface area contributed by atoms with Crippen molar-refractivity contribution in [2.75, 3.05) is 39.1 Å². The lowest BCUT2D eigenvalue weighted by Crippen LogP contribution is -2.24. The molecule has 1 aromatic rings. The fraction of sp³-hybridized carbons (Fsp3) is 0.538. The number of anilines is 1. The van der Waals surface area contributed by atoms with Gasteiger partial charge in [0.15, 0.2) is 0 Å². The Labute approximate surface area is 114 Å². The first-order chi connectivity index (χ1) is 8.04. The van der Waals surface area contributed by atoms with Gasteiger partial charge in [0.25, 0.3) is 0 Å². The van der Waals surface area contributed by atoms with E-state index in [4.69, 9.17) is 23.2 Å². The second kappa shape index (κ2) is 7.10. The topological polar surface area (TPSA) is 6.48 Å². The minimum absolute atomic E-state index is 0.494. The number of benzene rings is 1. The van der Waals surface area contributed by atoms with E-state index < -0.39 is 0 Å². The highest BCUT2D eigenvalue weighted by atomic mass is 35.5. The third-order valence-electron chi connectivity index (χ3n) is 2.70. The first-order valence-corrected chi connectivity index (χ1v) is 6.66. The lowest BCUT2D eigenvalue weighted by Gasteiger charge is -2.23. The monoisotopic (exact) mass is 274 g/mol. The quantitative estimate of drug-likeness (QED) is 0.733. The van der Waals surface area contributed by atoms with Crippen LogP contribution in [0.4, 0.5) is 5.69 Å². The van der Waals surface area contributed by atoms with Crippen LogP contribution in [-0.2, 0) is 5.88 Å². The summed E-state index contributed by atoms with van der Waals surface area (Å²) in [6.45, 7) is 2.11. The molecule has 1 rings (SSSR count). The molecule has 0 amide bonds. The first kappa shape index (κ1) is 14.6. The predicted molar refractivity (Wildman–Crippen MR) is 77.5 cm³/mol. The Morgan fingerprint density at radius 1 is 1.12 bits per heavy atom. The average molecular weight is 275 g/mol. The molecule has 0 unspecified atom stereocenters. The first-order valence-electron chi connectivity index (χ1n) is 5.75. The van der Waals surface area contributed by atoms with Crippen molar-refractivity contribution in [2.45, 2.75) is 12.3 Å². The van der Waals surface area contributed by atoms with Crippen LogP contribution >= 0.6 is 23.2 Å². The summed E-state index contributed by atoms with van der Waals surface area (Å²) in [7, 11) is 6.27. The molecule has 0 spiro atoms. The number of rotatable bonds is 6. The maximum atomic E-state index is 5.96. The van der Waals surface area contributed by atoms with E-state index in [1.807, 2.05) is 18.2 Å². The van der Waals surface area contributed by atoms with Crippen LogP contribution in [0, 0.1) is 0 Å². The largest absolute Gasteiger partial charge is 0.374 e. The lowest BCUT2D eigenvalue weighted by molar-refractivity contribution is 0.401. The third-order valence-corrected chi connectivity index (χ3v) is 3.22. The Morgan fingerprint density at radius 3 is 2.41 bits per heavy atom. The minimum Gasteiger partial charge on any atom is -0.374 e. The molecule has 0 aliphatic heterocycles. The number of halogens is 2. The van der Waals surface area contributed by atoms with E-state index in [9.17, 15) is 0 Å². The number of hydrogen-bond acceptors (Lipinski definition) is 2. The van der Waals surface area contributed by atoms with E-state index in [1.54, 1.807) is 0 Å². The molecule has 0 bridgehead atoms. The molecule has 0 saturated heterocycles. The van der Waals surface area contributed by atoms with E-state index in [0.29, 0.717) is 5.88 Å². The van der Waals surface area contributed by atoms with E-state index in [2.05, 4.69) is 30.9 Å². The Morgan fingerprint density at radius 2 is 1.82 bits per heavy atom. The Kier molecular flexibility index (Phi) is 6.10. The van der Waals surface area contributed by atoms with Gasteiger partial charge >= 0.3 is 0 Å². The fourth-order valence-electron chi connectivity index (χ4n) is 1.78. The van der Waals surface area contributed by atoms with Gasteiger partial charge in [-0.1, -0.05) is 11.6 Å². The summed E-state index contributed by atoms with van der Waals surface area (Å²) in [5, 5.41) is 0.742. The summed E-state index contributed by atoms with van der Waals surface area (Å²) >= 11 is 11.9. The van der Waals surface area contributed by atoms with E-state index >= 15 is 0 Å². The summed E-state index contributed by atoms with van der Waals surface area (Å²) in [6.07, 6.45) is 1.13. The van der Waals surface area contributed by atoms with Crippen LogP contribution in [0.1, 0.15) is 12.0 Å². The SMILES string of the molecule is CN(C)CCCN(C)c1ccc(Cl)cc1CCl. The van der Waals surface area contributed by atoms with Gasteiger partial charge in [0.2, 0.25) is 0 Å². The van der Waals surface area contributed by atoms with Crippen molar-refractivity contribution >= 4 is 28.9 Å². The molecule has 0 aliphatic rings. The van der Waals surface area contributed by atoms with Gasteiger partial charge in [-0.3, -0.25) is 0 Å². The standard InChI is InChI=1S/C13H20Cl2N2/c1-16(2)7-4-8-17(3)13-6-5-12(15)9-11(13)10-14/h5-6,9H,4,7-8,10H2,1-3H3. The van der Waals surface area contributed by atoms with Gasteiger partial charge in [-0.2, -0.15) is 0 Å². The normalized spacial score (nSPS) is 10.9. The molecule has 1 aromatic carbocycles. The van der Waals surface area contributed by atoms with Gasteiger partial charge < -0.3 is 9.80 Å². The second-order valence-corrected chi connectivity index (χ2v) is 5.19. The zero-order valence-electron chi connectivity index (χ0n) is 10.7. The zero-order chi connectivity index (χ0) is 12.8. The van der Waals surface area contributed by atoms with Crippen molar-refractivity contribution in [2.24, 2.45) is 0 Å². The van der Waals surface area contributed by atoms with E-state index in [1.165, 1.54) is 5.69 Å². The Bertz CT molecular complexity index is 353. The molecular formula is C13H20Cl2N2. The molecule has 0 atom stereocenters. The third kappa shape index (κ3) is 4.74. The van der Waals surface area contributed by atoms with Gasteiger partial charge in [0.1, 0.15) is 0 Å². The molecule has 0 fully saturated rings. The van der Waals surface area contributed by atoms with Gasteiger partial charge in [-0.25, -0.2) is 0 Å². The number of hydrogen-bond donors (Lipinski definition) is 0. The highest BCUT2D eigenvalue weighted by Crippen LogP contribution is 2.25. The average Bonchev–Trinajstić information content (AvgIpc) is 2.28. The number of nitrogens with zero attached hydrogens (tertiary/aromatic N) is 2. The van der Waals surface area contributed by atoms with Gasteiger partial charge in [0.05, 0.1) is 0 Å². The van der Waals surface area contributed by atoms with Gasteiger partial charge in [0, 0.05) is 30.2 Å². The van der Waals surface area contributed by atoms with Gasteiger partial charge in [-0.05, 0) is 50.8 Å². The van der Waals surface area contributed by atoms with Crippen molar-refractivity contribution in [1.29, 1.82) is 0 Å².